The van der Waals surface area contributed by atoms with Gasteiger partial charge in [0, 0.05) is 30.6 Å². The second kappa shape index (κ2) is 5.93. The van der Waals surface area contributed by atoms with Crippen LogP contribution in [0.4, 0.5) is 11.4 Å². The zero-order valence-corrected chi connectivity index (χ0v) is 10.9. The van der Waals surface area contributed by atoms with E-state index < -0.39 is 5.97 Å². The Morgan fingerprint density at radius 1 is 1.42 bits per heavy atom. The number of carbonyl (C=O) groups is 1. The minimum Gasteiger partial charge on any atom is -0.478 e. The van der Waals surface area contributed by atoms with E-state index in [1.807, 2.05) is 6.07 Å². The van der Waals surface area contributed by atoms with E-state index in [9.17, 15) is 4.79 Å². The lowest BCUT2D eigenvalue weighted by molar-refractivity contribution is 0.0698. The van der Waals surface area contributed by atoms with Crippen molar-refractivity contribution in [1.29, 1.82) is 0 Å². The fraction of sp³-hybridized carbons (Fsp3) is 0.500. The van der Waals surface area contributed by atoms with Crippen LogP contribution in [-0.2, 0) is 0 Å². The van der Waals surface area contributed by atoms with Crippen molar-refractivity contribution in [2.75, 3.05) is 23.8 Å². The van der Waals surface area contributed by atoms with Gasteiger partial charge in [0.25, 0.3) is 0 Å². The number of carboxylic acids is 1. The first-order valence-electron chi connectivity index (χ1n) is 6.64. The quantitative estimate of drug-likeness (QED) is 0.681. The molecule has 0 heterocycles. The smallest absolute Gasteiger partial charge is 0.337 e. The molecule has 0 aliphatic heterocycles. The first kappa shape index (κ1) is 13.7. The highest BCUT2D eigenvalue weighted by Gasteiger charge is 2.25. The number of aromatic carboxylic acids is 1. The minimum atomic E-state index is -1.00. The molecule has 5 heteroatoms. The number of hydrogen-bond donors (Lipinski definition) is 3. The Hall–Kier alpha value is -1.75. The maximum absolute atomic E-state index is 11.1. The Balaban J connectivity index is 2.24. The highest BCUT2D eigenvalue weighted by molar-refractivity contribution is 5.94. The van der Waals surface area contributed by atoms with E-state index in [0.717, 1.165) is 25.1 Å². The first-order valence-corrected chi connectivity index (χ1v) is 6.64. The Labute approximate surface area is 112 Å². The molecule has 2 rings (SSSR count). The molecule has 0 aromatic heterocycles. The van der Waals surface area contributed by atoms with E-state index >= 15 is 0 Å². The molecule has 4 N–H and O–H groups in total. The molecule has 104 valence electrons. The average Bonchev–Trinajstić information content (AvgIpc) is 2.32. The SMILES string of the molecule is Nc1ccc(N(CCCO)C2CCC2)cc1C(=O)O. The van der Waals surface area contributed by atoms with Crippen molar-refractivity contribution in [1.82, 2.24) is 0 Å². The van der Waals surface area contributed by atoms with Gasteiger partial charge in [-0.1, -0.05) is 0 Å². The van der Waals surface area contributed by atoms with Crippen LogP contribution >= 0.6 is 0 Å². The molecule has 0 saturated heterocycles. The van der Waals surface area contributed by atoms with E-state index in [1.165, 1.54) is 6.42 Å². The molecular weight excluding hydrogens is 244 g/mol. The predicted molar refractivity (Wildman–Crippen MR) is 74.5 cm³/mol. The van der Waals surface area contributed by atoms with Gasteiger partial charge in [0.2, 0.25) is 0 Å². The molecule has 0 atom stereocenters. The van der Waals surface area contributed by atoms with Crippen LogP contribution in [0, 0.1) is 0 Å². The van der Waals surface area contributed by atoms with Gasteiger partial charge in [-0.15, -0.1) is 0 Å². The summed E-state index contributed by atoms with van der Waals surface area (Å²) in [5.41, 5.74) is 6.98. The molecule has 19 heavy (non-hydrogen) atoms. The van der Waals surface area contributed by atoms with Gasteiger partial charge in [0.15, 0.2) is 0 Å². The summed E-state index contributed by atoms with van der Waals surface area (Å²) in [6, 6.07) is 5.59. The summed E-state index contributed by atoms with van der Waals surface area (Å²) in [5, 5.41) is 18.1. The Morgan fingerprint density at radius 3 is 2.68 bits per heavy atom. The van der Waals surface area contributed by atoms with Crippen LogP contribution in [0.5, 0.6) is 0 Å². The lowest BCUT2D eigenvalue weighted by Gasteiger charge is -2.39. The summed E-state index contributed by atoms with van der Waals surface area (Å²) in [4.78, 5) is 13.3. The molecule has 0 radical (unpaired) electrons. The molecular formula is C14H20N2O3. The van der Waals surface area contributed by atoms with E-state index in [2.05, 4.69) is 4.90 Å². The third-order valence-corrected chi connectivity index (χ3v) is 3.67. The van der Waals surface area contributed by atoms with Crippen molar-refractivity contribution in [2.24, 2.45) is 0 Å². The third kappa shape index (κ3) is 2.98. The number of nitrogens with two attached hydrogens (primary N) is 1. The molecule has 5 nitrogen and oxygen atoms in total. The number of nitrogens with zero attached hydrogens (tertiary/aromatic N) is 1. The fourth-order valence-electron chi connectivity index (χ4n) is 2.37. The van der Waals surface area contributed by atoms with Gasteiger partial charge in [-0.05, 0) is 43.9 Å². The molecule has 0 bridgehead atoms. The minimum absolute atomic E-state index is 0.143. The molecule has 1 fully saturated rings. The topological polar surface area (TPSA) is 86.8 Å². The third-order valence-electron chi connectivity index (χ3n) is 3.67. The second-order valence-electron chi connectivity index (χ2n) is 4.93. The lowest BCUT2D eigenvalue weighted by atomic mass is 9.90. The number of carboxylic acid groups (broad SMARTS) is 1. The normalized spacial score (nSPS) is 15.0. The van der Waals surface area contributed by atoms with Crippen LogP contribution in [-0.4, -0.2) is 35.4 Å². The monoisotopic (exact) mass is 264 g/mol. The summed E-state index contributed by atoms with van der Waals surface area (Å²) >= 11 is 0. The van der Waals surface area contributed by atoms with Gasteiger partial charge < -0.3 is 20.8 Å². The molecule has 0 amide bonds. The Kier molecular flexibility index (Phi) is 4.27. The van der Waals surface area contributed by atoms with Gasteiger partial charge >= 0.3 is 5.97 Å². The van der Waals surface area contributed by atoms with Gasteiger partial charge in [0.1, 0.15) is 0 Å². The van der Waals surface area contributed by atoms with Crippen LogP contribution in [0.1, 0.15) is 36.0 Å². The van der Waals surface area contributed by atoms with Crippen LogP contribution in [0.25, 0.3) is 0 Å². The van der Waals surface area contributed by atoms with Crippen molar-refractivity contribution in [3.05, 3.63) is 23.8 Å². The molecule has 0 spiro atoms. The van der Waals surface area contributed by atoms with Gasteiger partial charge in [0.05, 0.1) is 5.56 Å². The van der Waals surface area contributed by atoms with Crippen molar-refractivity contribution < 1.29 is 15.0 Å². The van der Waals surface area contributed by atoms with E-state index in [-0.39, 0.29) is 17.9 Å². The van der Waals surface area contributed by atoms with Crippen molar-refractivity contribution >= 4 is 17.3 Å². The van der Waals surface area contributed by atoms with E-state index in [1.54, 1.807) is 12.1 Å². The number of hydrogen-bond acceptors (Lipinski definition) is 4. The van der Waals surface area contributed by atoms with Crippen LogP contribution < -0.4 is 10.6 Å². The Bertz CT molecular complexity index is 458. The van der Waals surface area contributed by atoms with E-state index in [0.29, 0.717) is 12.5 Å². The standard InChI is InChI=1S/C14H20N2O3/c15-13-6-5-11(9-12(13)14(18)19)16(7-2-8-17)10-3-1-4-10/h5-6,9-10,17H,1-4,7-8,15H2,(H,18,19). The predicted octanol–water partition coefficient (Wildman–Crippen LogP) is 1.71. The van der Waals surface area contributed by atoms with Crippen molar-refractivity contribution in [3.63, 3.8) is 0 Å². The van der Waals surface area contributed by atoms with Crippen LogP contribution in [0.2, 0.25) is 0 Å². The zero-order valence-electron chi connectivity index (χ0n) is 10.9. The Morgan fingerprint density at radius 2 is 2.16 bits per heavy atom. The highest BCUT2D eigenvalue weighted by Crippen LogP contribution is 2.31. The number of nitrogen functional groups attached to an aromatic ring is 1. The highest BCUT2D eigenvalue weighted by atomic mass is 16.4. The number of benzene rings is 1. The summed E-state index contributed by atoms with van der Waals surface area (Å²) in [6.07, 6.45) is 4.14. The summed E-state index contributed by atoms with van der Waals surface area (Å²) in [5.74, 6) is -1.00. The molecule has 1 aromatic rings. The number of aliphatic hydroxyl groups is 1. The number of aliphatic hydroxyl groups excluding tert-OH is 1. The molecule has 1 aromatic carbocycles. The number of rotatable bonds is 6. The maximum Gasteiger partial charge on any atom is 0.337 e. The van der Waals surface area contributed by atoms with Gasteiger partial charge in [-0.2, -0.15) is 0 Å². The second-order valence-corrected chi connectivity index (χ2v) is 4.93. The lowest BCUT2D eigenvalue weighted by Crippen LogP contribution is -2.41. The molecule has 1 saturated carbocycles. The maximum atomic E-state index is 11.1. The molecule has 0 unspecified atom stereocenters. The fourth-order valence-corrected chi connectivity index (χ4v) is 2.37. The van der Waals surface area contributed by atoms with Gasteiger partial charge in [-0.25, -0.2) is 4.79 Å². The van der Waals surface area contributed by atoms with Crippen LogP contribution in [0.3, 0.4) is 0 Å². The van der Waals surface area contributed by atoms with Crippen molar-refractivity contribution in [3.8, 4) is 0 Å². The van der Waals surface area contributed by atoms with Gasteiger partial charge in [-0.3, -0.25) is 0 Å². The summed E-state index contributed by atoms with van der Waals surface area (Å²) in [6.45, 7) is 0.883. The van der Waals surface area contributed by atoms with Crippen LogP contribution in [0.15, 0.2) is 18.2 Å². The molecule has 1 aliphatic carbocycles. The zero-order chi connectivity index (χ0) is 13.8. The summed E-state index contributed by atoms with van der Waals surface area (Å²) in [7, 11) is 0. The number of anilines is 2. The first-order chi connectivity index (χ1) is 9.13. The summed E-state index contributed by atoms with van der Waals surface area (Å²) < 4.78 is 0. The van der Waals surface area contributed by atoms with Crippen molar-refractivity contribution in [2.45, 2.75) is 31.7 Å². The largest absolute Gasteiger partial charge is 0.478 e. The average molecular weight is 264 g/mol. The molecule has 1 aliphatic rings. The van der Waals surface area contributed by atoms with E-state index in [4.69, 9.17) is 15.9 Å².